The van der Waals surface area contributed by atoms with E-state index in [1.165, 1.54) is 70.4 Å². The largest absolute Gasteiger partial charge is 0.310 e. The Morgan fingerprint density at radius 1 is 0.394 bits per heavy atom. The zero-order chi connectivity index (χ0) is 45.0. The van der Waals surface area contributed by atoms with Gasteiger partial charge in [-0.25, -0.2) is 0 Å². The van der Waals surface area contributed by atoms with Crippen molar-refractivity contribution in [3.05, 3.63) is 224 Å². The fourth-order valence-electron chi connectivity index (χ4n) is 9.99. The SMILES string of the molecule is Cc1ccc(N(c2ccc(/C=C\c3ccc4c(C#N)c(/C=C\c5ccc(N(c6ccc(C)cc6)c6cccc7c6CCCC7)cc5)ccc4c3C#N)cc2)c2cccc3c2CCCC3)cc1. The standard InChI is InChI=1S/C62H52N4/c1-43-17-31-51(32-18-43)65(61-15-7-11-47-9-3-5-13-55(47)61)53-35-23-45(24-36-53)21-27-49-29-39-58-57(59(49)41-63)40-30-50(60(58)42-64)28-22-46-25-37-54(38-26-46)66(52-33-19-44(2)20-34-52)62-16-8-12-48-10-4-6-14-56(48)62/h7-8,11-12,15-40H,3-6,9-10,13-14H2,1-2H3/b27-21-,28-22-. The fraction of sp³-hybridized carbons (Fsp3) is 0.161. The highest BCUT2D eigenvalue weighted by Gasteiger charge is 2.22. The Morgan fingerprint density at radius 3 is 1.14 bits per heavy atom. The molecule has 0 fully saturated rings. The molecule has 8 aromatic carbocycles. The van der Waals surface area contributed by atoms with Crippen LogP contribution in [0.1, 0.15) is 92.4 Å². The van der Waals surface area contributed by atoms with Crippen molar-refractivity contribution in [2.45, 2.75) is 65.2 Å². The maximum atomic E-state index is 10.5. The maximum absolute atomic E-state index is 10.5. The smallest absolute Gasteiger partial charge is 0.100 e. The van der Waals surface area contributed by atoms with Gasteiger partial charge < -0.3 is 9.80 Å². The molecule has 0 aromatic heterocycles. The summed E-state index contributed by atoms with van der Waals surface area (Å²) < 4.78 is 0. The molecule has 0 bridgehead atoms. The summed E-state index contributed by atoms with van der Waals surface area (Å²) in [5, 5.41) is 22.5. The molecule has 0 saturated heterocycles. The van der Waals surface area contributed by atoms with E-state index in [0.717, 1.165) is 81.5 Å². The first-order valence-electron chi connectivity index (χ1n) is 23.4. The minimum Gasteiger partial charge on any atom is -0.310 e. The molecule has 10 rings (SSSR count). The van der Waals surface area contributed by atoms with Crippen LogP contribution < -0.4 is 9.80 Å². The third-order valence-electron chi connectivity index (χ3n) is 13.5. The second-order valence-electron chi connectivity index (χ2n) is 17.8. The van der Waals surface area contributed by atoms with Crippen LogP contribution in [0.4, 0.5) is 34.1 Å². The Hall–Kier alpha value is -7.92. The number of rotatable bonds is 10. The molecule has 0 atom stereocenters. The third-order valence-corrected chi connectivity index (χ3v) is 13.5. The zero-order valence-corrected chi connectivity index (χ0v) is 37.8. The second-order valence-corrected chi connectivity index (χ2v) is 17.8. The highest BCUT2D eigenvalue weighted by molar-refractivity contribution is 5.98. The van der Waals surface area contributed by atoms with Gasteiger partial charge in [0.25, 0.3) is 0 Å². The number of benzene rings is 8. The zero-order valence-electron chi connectivity index (χ0n) is 37.8. The van der Waals surface area contributed by atoms with Gasteiger partial charge in [-0.3, -0.25) is 0 Å². The van der Waals surface area contributed by atoms with Crippen molar-refractivity contribution < 1.29 is 0 Å². The lowest BCUT2D eigenvalue weighted by molar-refractivity contribution is 0.686. The lowest BCUT2D eigenvalue weighted by atomic mass is 9.89. The molecular formula is C62H52N4. The van der Waals surface area contributed by atoms with Crippen LogP contribution in [0.25, 0.3) is 35.1 Å². The van der Waals surface area contributed by atoms with Crippen molar-refractivity contribution in [3.8, 4) is 12.1 Å². The average molecular weight is 853 g/mol. The minimum absolute atomic E-state index is 0.556. The predicted octanol–water partition coefficient (Wildman–Crippen LogP) is 16.2. The normalized spacial score (nSPS) is 13.3. The first kappa shape index (κ1) is 42.1. The van der Waals surface area contributed by atoms with Crippen molar-refractivity contribution in [2.75, 3.05) is 9.80 Å². The van der Waals surface area contributed by atoms with E-state index in [9.17, 15) is 10.5 Å². The van der Waals surface area contributed by atoms with Crippen LogP contribution in [0, 0.1) is 36.5 Å². The molecule has 0 radical (unpaired) electrons. The van der Waals surface area contributed by atoms with Crippen LogP contribution in [0.5, 0.6) is 0 Å². The first-order chi connectivity index (χ1) is 32.4. The van der Waals surface area contributed by atoms with Gasteiger partial charge >= 0.3 is 0 Å². The van der Waals surface area contributed by atoms with Crippen LogP contribution >= 0.6 is 0 Å². The number of fused-ring (bicyclic) bond motifs is 3. The molecule has 0 heterocycles. The Balaban J connectivity index is 0.905. The van der Waals surface area contributed by atoms with E-state index in [2.05, 4.69) is 181 Å². The molecule has 0 amide bonds. The summed E-state index contributed by atoms with van der Waals surface area (Å²) in [5.41, 5.74) is 20.1. The van der Waals surface area contributed by atoms with E-state index in [4.69, 9.17) is 0 Å². The van der Waals surface area contributed by atoms with Crippen LogP contribution in [0.15, 0.2) is 158 Å². The number of hydrogen-bond donors (Lipinski definition) is 0. The van der Waals surface area contributed by atoms with Gasteiger partial charge in [-0.1, -0.05) is 132 Å². The van der Waals surface area contributed by atoms with Crippen molar-refractivity contribution in [1.82, 2.24) is 0 Å². The van der Waals surface area contributed by atoms with E-state index >= 15 is 0 Å². The monoisotopic (exact) mass is 852 g/mol. The molecule has 0 saturated carbocycles. The molecule has 8 aromatic rings. The van der Waals surface area contributed by atoms with Crippen LogP contribution in [-0.2, 0) is 25.7 Å². The first-order valence-corrected chi connectivity index (χ1v) is 23.4. The fourth-order valence-corrected chi connectivity index (χ4v) is 9.99. The molecule has 0 aliphatic heterocycles. The van der Waals surface area contributed by atoms with Gasteiger partial charge in [0.05, 0.1) is 11.1 Å². The molecule has 0 spiro atoms. The van der Waals surface area contributed by atoms with Crippen LogP contribution in [0.2, 0.25) is 0 Å². The van der Waals surface area contributed by atoms with E-state index in [-0.39, 0.29) is 0 Å². The second kappa shape index (κ2) is 18.7. The Morgan fingerprint density at radius 2 is 0.758 bits per heavy atom. The molecule has 2 aliphatic rings. The van der Waals surface area contributed by atoms with E-state index in [0.29, 0.717) is 11.1 Å². The van der Waals surface area contributed by atoms with E-state index < -0.39 is 0 Å². The number of nitrogens with zero attached hydrogens (tertiary/aromatic N) is 4. The summed E-state index contributed by atoms with van der Waals surface area (Å²) in [5.74, 6) is 0. The van der Waals surface area contributed by atoms with Gasteiger partial charge in [0, 0.05) is 44.9 Å². The van der Waals surface area contributed by atoms with E-state index in [1.807, 2.05) is 36.4 Å². The number of nitriles is 2. The Labute approximate surface area is 389 Å². The average Bonchev–Trinajstić information content (AvgIpc) is 3.37. The van der Waals surface area contributed by atoms with Crippen molar-refractivity contribution in [1.29, 1.82) is 10.5 Å². The molecule has 4 nitrogen and oxygen atoms in total. The quantitative estimate of drug-likeness (QED) is 0.129. The maximum Gasteiger partial charge on any atom is 0.100 e. The van der Waals surface area contributed by atoms with Gasteiger partial charge in [0.15, 0.2) is 0 Å². The lowest BCUT2D eigenvalue weighted by Crippen LogP contribution is -2.15. The molecule has 0 N–H and O–H groups in total. The summed E-state index contributed by atoms with van der Waals surface area (Å²) in [6.45, 7) is 4.25. The van der Waals surface area contributed by atoms with Crippen LogP contribution in [-0.4, -0.2) is 0 Å². The molecule has 2 aliphatic carbocycles. The number of aryl methyl sites for hydroxylation is 4. The number of hydrogen-bond acceptors (Lipinski definition) is 4. The van der Waals surface area contributed by atoms with Gasteiger partial charge in [0.1, 0.15) is 12.1 Å². The van der Waals surface area contributed by atoms with Crippen molar-refractivity contribution in [3.63, 3.8) is 0 Å². The highest BCUT2D eigenvalue weighted by atomic mass is 15.1. The molecule has 66 heavy (non-hydrogen) atoms. The molecular weight excluding hydrogens is 801 g/mol. The predicted molar refractivity (Wildman–Crippen MR) is 276 cm³/mol. The topological polar surface area (TPSA) is 54.1 Å². The number of anilines is 6. The summed E-state index contributed by atoms with van der Waals surface area (Å²) in [6, 6.07) is 61.2. The minimum atomic E-state index is 0.556. The van der Waals surface area contributed by atoms with Gasteiger partial charge in [-0.05, 0) is 170 Å². The summed E-state index contributed by atoms with van der Waals surface area (Å²) in [6.07, 6.45) is 17.5. The Kier molecular flexibility index (Phi) is 11.9. The lowest BCUT2D eigenvalue weighted by Gasteiger charge is -2.30. The van der Waals surface area contributed by atoms with Gasteiger partial charge in [-0.15, -0.1) is 0 Å². The van der Waals surface area contributed by atoms with Crippen molar-refractivity contribution in [2.24, 2.45) is 0 Å². The molecule has 0 unspecified atom stereocenters. The summed E-state index contributed by atoms with van der Waals surface area (Å²) in [7, 11) is 0. The van der Waals surface area contributed by atoms with E-state index in [1.54, 1.807) is 0 Å². The third kappa shape index (κ3) is 8.43. The summed E-state index contributed by atoms with van der Waals surface area (Å²) >= 11 is 0. The molecule has 4 heteroatoms. The highest BCUT2D eigenvalue weighted by Crippen LogP contribution is 2.42. The van der Waals surface area contributed by atoms with Gasteiger partial charge in [-0.2, -0.15) is 10.5 Å². The van der Waals surface area contributed by atoms with Crippen molar-refractivity contribution >= 4 is 69.2 Å². The van der Waals surface area contributed by atoms with Gasteiger partial charge in [0.2, 0.25) is 0 Å². The van der Waals surface area contributed by atoms with Crippen LogP contribution in [0.3, 0.4) is 0 Å². The summed E-state index contributed by atoms with van der Waals surface area (Å²) in [4.78, 5) is 4.77. The molecule has 320 valence electrons. The Bertz CT molecular complexity index is 2990.